The van der Waals surface area contributed by atoms with E-state index in [1.165, 1.54) is 12.0 Å². The van der Waals surface area contributed by atoms with Crippen LogP contribution in [-0.4, -0.2) is 91.6 Å². The summed E-state index contributed by atoms with van der Waals surface area (Å²) in [5.41, 5.74) is 4.88. The maximum absolute atomic E-state index is 13.7. The molecule has 1 aliphatic rings. The number of aryl methyl sites for hydroxylation is 1. The Balaban J connectivity index is 1.23. The normalized spacial score (nSPS) is 13.2. The van der Waals surface area contributed by atoms with Crippen molar-refractivity contribution in [2.75, 3.05) is 64.2 Å². The lowest BCUT2D eigenvalue weighted by atomic mass is 10.1. The highest BCUT2D eigenvalue weighted by Gasteiger charge is 2.21. The van der Waals surface area contributed by atoms with E-state index in [9.17, 15) is 19.5 Å². The Hall–Kier alpha value is -5.09. The van der Waals surface area contributed by atoms with Crippen molar-refractivity contribution in [2.45, 2.75) is 32.8 Å². The number of piperazine rings is 1. The van der Waals surface area contributed by atoms with Crippen LogP contribution in [0.3, 0.4) is 0 Å². The first-order valence-electron chi connectivity index (χ1n) is 16.1. The molecule has 1 aromatic heterocycles. The predicted molar refractivity (Wildman–Crippen MR) is 187 cm³/mol. The fourth-order valence-electron chi connectivity index (χ4n) is 5.93. The highest BCUT2D eigenvalue weighted by molar-refractivity contribution is 6.14. The van der Waals surface area contributed by atoms with E-state index in [-0.39, 0.29) is 18.4 Å². The van der Waals surface area contributed by atoms with Crippen LogP contribution in [0.1, 0.15) is 51.1 Å². The molecule has 1 saturated heterocycles. The molecule has 48 heavy (non-hydrogen) atoms. The van der Waals surface area contributed by atoms with Crippen molar-refractivity contribution in [3.8, 4) is 11.5 Å². The van der Waals surface area contributed by atoms with Crippen molar-refractivity contribution in [1.82, 2.24) is 14.8 Å². The molecule has 0 radical (unpaired) electrons. The number of benzene rings is 3. The average molecular weight is 654 g/mol. The van der Waals surface area contributed by atoms with E-state index in [4.69, 9.17) is 9.47 Å². The van der Waals surface area contributed by atoms with Crippen LogP contribution in [0.4, 0.5) is 11.4 Å². The summed E-state index contributed by atoms with van der Waals surface area (Å²) < 4.78 is 11.8. The molecule has 0 aliphatic carbocycles. The Bertz CT molecular complexity index is 1820. The summed E-state index contributed by atoms with van der Waals surface area (Å²) in [6, 6.07) is 15.9. The second-order valence-corrected chi connectivity index (χ2v) is 12.0. The molecule has 1 fully saturated rings. The van der Waals surface area contributed by atoms with Gasteiger partial charge in [0.25, 0.3) is 11.8 Å². The molecular weight excluding hydrogens is 610 g/mol. The van der Waals surface area contributed by atoms with Crippen molar-refractivity contribution in [1.29, 1.82) is 0 Å². The largest absolute Gasteiger partial charge is 0.495 e. The number of fused-ring (bicyclic) bond motifs is 1. The minimum absolute atomic E-state index is 0.206. The molecule has 0 saturated carbocycles. The van der Waals surface area contributed by atoms with E-state index < -0.39 is 0 Å². The smallest absolute Gasteiger partial charge is 0.258 e. The number of hydrogen-bond donors (Lipinski definition) is 3. The molecule has 1 aliphatic heterocycles. The third-order valence-electron chi connectivity index (χ3n) is 8.75. The molecule has 11 nitrogen and oxygen atoms in total. The Labute approximate surface area is 280 Å². The second kappa shape index (κ2) is 15.7. The molecule has 11 heteroatoms. The predicted octanol–water partition coefficient (Wildman–Crippen LogP) is 5.02. The van der Waals surface area contributed by atoms with Crippen molar-refractivity contribution in [3.05, 3.63) is 88.7 Å². The fourth-order valence-corrected chi connectivity index (χ4v) is 5.93. The number of nitrogens with one attached hydrogen (secondary N) is 2. The number of aromatic nitrogens is 1. The summed E-state index contributed by atoms with van der Waals surface area (Å²) >= 11 is 0. The molecule has 0 bridgehead atoms. The summed E-state index contributed by atoms with van der Waals surface area (Å²) in [7, 11) is 5.25. The monoisotopic (exact) mass is 653 g/mol. The highest BCUT2D eigenvalue weighted by Crippen LogP contribution is 2.33. The molecule has 4 aromatic rings. The minimum atomic E-state index is -0.372. The summed E-state index contributed by atoms with van der Waals surface area (Å²) in [4.78, 5) is 47.6. The molecule has 0 unspecified atom stereocenters. The van der Waals surface area contributed by atoms with Crippen LogP contribution >= 0.6 is 0 Å². The van der Waals surface area contributed by atoms with E-state index in [0.717, 1.165) is 55.8 Å². The van der Waals surface area contributed by atoms with Gasteiger partial charge in [-0.3, -0.25) is 9.59 Å². The van der Waals surface area contributed by atoms with Crippen molar-refractivity contribution < 1.29 is 29.0 Å². The number of ether oxygens (including phenoxy) is 2. The lowest BCUT2D eigenvalue weighted by Gasteiger charge is -2.34. The number of carbonyl (C=O) groups excluding carboxylic acids is 3. The summed E-state index contributed by atoms with van der Waals surface area (Å²) in [6.07, 6.45) is 3.87. The third-order valence-corrected chi connectivity index (χ3v) is 8.75. The molecular formula is C37H43N5O6. The quantitative estimate of drug-likeness (QED) is 0.136. The lowest BCUT2D eigenvalue weighted by molar-refractivity contribution is 0.0990. The van der Waals surface area contributed by atoms with Gasteiger partial charge in [-0.25, -0.2) is 4.79 Å². The number of nitrogens with zero attached hydrogens (tertiary/aromatic N) is 3. The zero-order valence-electron chi connectivity index (χ0n) is 28.0. The Morgan fingerprint density at radius 1 is 1.04 bits per heavy atom. The number of methoxy groups -OCH3 is 1. The van der Waals surface area contributed by atoms with Crippen LogP contribution < -0.4 is 19.7 Å². The van der Waals surface area contributed by atoms with Crippen molar-refractivity contribution in [3.63, 3.8) is 0 Å². The number of unbranched alkanes of at least 4 members (excludes halogenated alkanes) is 1. The van der Waals surface area contributed by atoms with E-state index in [0.29, 0.717) is 58.0 Å². The number of carbonyl (C=O) groups is 2. The van der Waals surface area contributed by atoms with Gasteiger partial charge in [0.1, 0.15) is 17.4 Å². The number of aliphatic hydroxyl groups is 1. The average Bonchev–Trinajstić information content (AvgIpc) is 3.53. The van der Waals surface area contributed by atoms with E-state index in [1.807, 2.05) is 31.2 Å². The number of H-pyrrole nitrogens is 1. The minimum Gasteiger partial charge on any atom is -0.495 e. The molecule has 0 atom stereocenters. The van der Waals surface area contributed by atoms with Gasteiger partial charge in [0.2, 0.25) is 0 Å². The van der Waals surface area contributed by atoms with Gasteiger partial charge >= 0.3 is 0 Å². The third kappa shape index (κ3) is 7.71. The second-order valence-electron chi connectivity index (χ2n) is 12.0. The van der Waals surface area contributed by atoms with Gasteiger partial charge in [-0.2, -0.15) is 0 Å². The van der Waals surface area contributed by atoms with Crippen LogP contribution in [0.15, 0.2) is 66.5 Å². The van der Waals surface area contributed by atoms with Gasteiger partial charge in [-0.1, -0.05) is 12.1 Å². The van der Waals surface area contributed by atoms with E-state index >= 15 is 0 Å². The molecule has 3 N–H and O–H groups in total. The number of anilines is 2. The molecule has 3 aromatic carbocycles. The molecule has 252 valence electrons. The maximum atomic E-state index is 13.7. The Morgan fingerprint density at radius 2 is 1.83 bits per heavy atom. The number of aliphatic hydroxyl groups excluding tert-OH is 1. The first-order chi connectivity index (χ1) is 23.2. The first-order valence-corrected chi connectivity index (χ1v) is 16.1. The SMILES string of the molecule is COc1cc(C(=O)N(C)c2ccc(C)cc2OCCCCC(=C=O)N2CCN(C)CC2)ccc1NC(=O)c1cccc2[nH]cc(CO)c12. The molecule has 0 spiro atoms. The summed E-state index contributed by atoms with van der Waals surface area (Å²) in [5, 5.41) is 13.3. The number of rotatable bonds is 13. The highest BCUT2D eigenvalue weighted by atomic mass is 16.5. The summed E-state index contributed by atoms with van der Waals surface area (Å²) in [6.45, 7) is 5.74. The molecule has 2 heterocycles. The van der Waals surface area contributed by atoms with Gasteiger partial charge < -0.3 is 39.6 Å². The lowest BCUT2D eigenvalue weighted by Crippen LogP contribution is -2.44. The van der Waals surface area contributed by atoms with Crippen LogP contribution in [-0.2, 0) is 11.4 Å². The van der Waals surface area contributed by atoms with Gasteiger partial charge in [-0.05, 0) is 81.3 Å². The Morgan fingerprint density at radius 3 is 2.56 bits per heavy atom. The number of amides is 2. The number of aromatic amines is 1. The topological polar surface area (TPSA) is 127 Å². The van der Waals surface area contributed by atoms with Crippen LogP contribution in [0.2, 0.25) is 0 Å². The van der Waals surface area contributed by atoms with Gasteiger partial charge in [0, 0.05) is 67.0 Å². The standard InChI is InChI=1S/C37H43N5O6/c1-25-11-14-32(34(20-25)48-19-6-5-8-28(24-44)42-17-15-40(2)16-18-42)41(3)37(46)26-12-13-30(33(21-26)47-4)39-36(45)29-9-7-10-31-35(29)27(23-43)22-38-31/h7,9-14,20-22,38,43H,5-6,8,15-19,23H2,1-4H3,(H,39,45). The van der Waals surface area contributed by atoms with Crippen LogP contribution in [0, 0.1) is 6.92 Å². The zero-order chi connectivity index (χ0) is 34.2. The first kappa shape index (κ1) is 34.3. The Kier molecular flexibility index (Phi) is 11.2. The molecule has 5 rings (SSSR count). The van der Waals surface area contributed by atoms with Crippen LogP contribution in [0.5, 0.6) is 11.5 Å². The van der Waals surface area contributed by atoms with Gasteiger partial charge in [0.05, 0.1) is 37.4 Å². The number of likely N-dealkylation sites (N-methyl/N-ethyl adjacent to an activating group) is 1. The summed E-state index contributed by atoms with van der Waals surface area (Å²) in [5.74, 6) is 2.41. The van der Waals surface area contributed by atoms with E-state index in [2.05, 4.69) is 33.1 Å². The fraction of sp³-hybridized carbons (Fsp3) is 0.351. The molecule has 2 amide bonds. The van der Waals surface area contributed by atoms with Crippen molar-refractivity contribution >= 4 is 40.0 Å². The zero-order valence-corrected chi connectivity index (χ0v) is 28.0. The van der Waals surface area contributed by atoms with Gasteiger partial charge in [0.15, 0.2) is 0 Å². The van der Waals surface area contributed by atoms with Crippen LogP contribution in [0.25, 0.3) is 10.9 Å². The van der Waals surface area contributed by atoms with E-state index in [1.54, 1.807) is 43.6 Å². The number of hydrogen-bond acceptors (Lipinski definition) is 8. The van der Waals surface area contributed by atoms with Gasteiger partial charge in [-0.15, -0.1) is 0 Å². The van der Waals surface area contributed by atoms with Crippen molar-refractivity contribution in [2.24, 2.45) is 0 Å². The number of allylic oxidation sites excluding steroid dienone is 1. The maximum Gasteiger partial charge on any atom is 0.258 e.